The van der Waals surface area contributed by atoms with Crippen molar-refractivity contribution in [3.63, 3.8) is 0 Å². The van der Waals surface area contributed by atoms with Gasteiger partial charge in [-0.3, -0.25) is 19.7 Å². The maximum absolute atomic E-state index is 12.9. The average Bonchev–Trinajstić information content (AvgIpc) is 2.65. The highest BCUT2D eigenvalue weighted by Crippen LogP contribution is 2.28. The summed E-state index contributed by atoms with van der Waals surface area (Å²) in [6.45, 7) is -0.401. The van der Waals surface area contributed by atoms with Crippen LogP contribution in [0.4, 0.5) is 10.5 Å². The van der Waals surface area contributed by atoms with Gasteiger partial charge in [0.1, 0.15) is 11.3 Å². The molecule has 1 aliphatic rings. The zero-order valence-electron chi connectivity index (χ0n) is 14.6. The molecule has 0 radical (unpaired) electrons. The summed E-state index contributed by atoms with van der Waals surface area (Å²) in [4.78, 5) is 49.3. The zero-order chi connectivity index (χ0) is 21.1. The summed E-state index contributed by atoms with van der Waals surface area (Å²) in [5.41, 5.74) is 5.33. The van der Waals surface area contributed by atoms with Gasteiger partial charge in [0.05, 0.1) is 5.69 Å². The fourth-order valence-electron chi connectivity index (χ4n) is 2.55. The third-order valence-corrected chi connectivity index (χ3v) is 4.59. The van der Waals surface area contributed by atoms with Crippen molar-refractivity contribution >= 4 is 63.0 Å². The van der Waals surface area contributed by atoms with E-state index in [9.17, 15) is 19.2 Å². The van der Waals surface area contributed by atoms with Crippen LogP contribution in [0.15, 0.2) is 52.5 Å². The predicted molar refractivity (Wildman–Crippen MR) is 109 cm³/mol. The van der Waals surface area contributed by atoms with Crippen LogP contribution in [0.25, 0.3) is 6.08 Å². The lowest BCUT2D eigenvalue weighted by molar-refractivity contribution is -0.123. The number of halogens is 2. The number of rotatable bonds is 5. The number of carbonyl (C=O) groups is 4. The van der Waals surface area contributed by atoms with E-state index >= 15 is 0 Å². The Morgan fingerprint density at radius 3 is 2.52 bits per heavy atom. The number of nitrogens with two attached hydrogens (primary N) is 1. The second-order valence-electron chi connectivity index (χ2n) is 5.87. The second kappa shape index (κ2) is 8.46. The number of hydrogen-bond donors (Lipinski definition) is 2. The quantitative estimate of drug-likeness (QED) is 0.506. The molecular formula is C19H13BrClN3O5. The molecule has 0 aromatic heterocycles. The standard InChI is InChI=1S/C19H13BrClN3O5/c20-11-1-4-13(5-2-11)24-18(27)14(17(26)23-19(24)28)8-10-7-12(21)3-6-15(10)29-9-16(22)25/h1-8H,9H2,(H2,22,25)(H,23,26,28)/b14-8+. The number of barbiturate groups is 1. The minimum absolute atomic E-state index is 0.188. The van der Waals surface area contributed by atoms with E-state index in [1.807, 2.05) is 0 Å². The van der Waals surface area contributed by atoms with E-state index in [0.29, 0.717) is 5.02 Å². The molecule has 148 valence electrons. The summed E-state index contributed by atoms with van der Waals surface area (Å²) in [6, 6.07) is 9.99. The van der Waals surface area contributed by atoms with E-state index in [0.717, 1.165) is 9.37 Å². The molecule has 2 aromatic rings. The molecule has 29 heavy (non-hydrogen) atoms. The molecule has 3 rings (SSSR count). The van der Waals surface area contributed by atoms with Gasteiger partial charge in [0.2, 0.25) is 0 Å². The number of nitrogens with one attached hydrogen (secondary N) is 1. The smallest absolute Gasteiger partial charge is 0.335 e. The van der Waals surface area contributed by atoms with Crippen LogP contribution in [0.3, 0.4) is 0 Å². The summed E-state index contributed by atoms with van der Waals surface area (Å²) in [5, 5.41) is 2.44. The minimum Gasteiger partial charge on any atom is -0.483 e. The van der Waals surface area contributed by atoms with Crippen LogP contribution in [0.5, 0.6) is 5.75 Å². The first-order chi connectivity index (χ1) is 13.8. The van der Waals surface area contributed by atoms with Crippen LogP contribution in [-0.4, -0.2) is 30.4 Å². The highest BCUT2D eigenvalue weighted by molar-refractivity contribution is 9.10. The van der Waals surface area contributed by atoms with E-state index in [4.69, 9.17) is 22.1 Å². The molecule has 2 aromatic carbocycles. The fourth-order valence-corrected chi connectivity index (χ4v) is 2.99. The number of primary amides is 1. The Bertz CT molecular complexity index is 1050. The lowest BCUT2D eigenvalue weighted by Gasteiger charge is -2.26. The molecular weight excluding hydrogens is 466 g/mol. The lowest BCUT2D eigenvalue weighted by atomic mass is 10.1. The van der Waals surface area contributed by atoms with E-state index in [1.54, 1.807) is 24.3 Å². The molecule has 5 amide bonds. The number of ether oxygens (including phenoxy) is 1. The molecule has 0 spiro atoms. The van der Waals surface area contributed by atoms with Crippen molar-refractivity contribution in [3.05, 3.63) is 63.1 Å². The molecule has 0 atom stereocenters. The third-order valence-electron chi connectivity index (χ3n) is 3.83. The van der Waals surface area contributed by atoms with E-state index in [-0.39, 0.29) is 22.6 Å². The third kappa shape index (κ3) is 4.64. The van der Waals surface area contributed by atoms with Gasteiger partial charge >= 0.3 is 6.03 Å². The SMILES string of the molecule is NC(=O)COc1ccc(Cl)cc1/C=C1\C(=O)NC(=O)N(c2ccc(Br)cc2)C1=O. The number of anilines is 1. The van der Waals surface area contributed by atoms with Crippen molar-refractivity contribution < 1.29 is 23.9 Å². The Hall–Kier alpha value is -3.17. The van der Waals surface area contributed by atoms with Gasteiger partial charge in [-0.05, 0) is 48.5 Å². The molecule has 0 saturated carbocycles. The van der Waals surface area contributed by atoms with Gasteiger partial charge in [0.15, 0.2) is 6.61 Å². The Morgan fingerprint density at radius 2 is 1.86 bits per heavy atom. The van der Waals surface area contributed by atoms with Crippen LogP contribution < -0.4 is 20.7 Å². The van der Waals surface area contributed by atoms with Crippen LogP contribution in [0.1, 0.15) is 5.56 Å². The van der Waals surface area contributed by atoms with Crippen molar-refractivity contribution in [2.24, 2.45) is 5.73 Å². The van der Waals surface area contributed by atoms with Gasteiger partial charge in [-0.15, -0.1) is 0 Å². The van der Waals surface area contributed by atoms with Gasteiger partial charge in [0.25, 0.3) is 17.7 Å². The first-order valence-electron chi connectivity index (χ1n) is 8.14. The molecule has 3 N–H and O–H groups in total. The van der Waals surface area contributed by atoms with Gasteiger partial charge in [-0.2, -0.15) is 0 Å². The number of benzene rings is 2. The molecule has 8 nitrogen and oxygen atoms in total. The van der Waals surface area contributed by atoms with Crippen molar-refractivity contribution in [3.8, 4) is 5.75 Å². The van der Waals surface area contributed by atoms with Crippen molar-refractivity contribution in [2.75, 3.05) is 11.5 Å². The number of carbonyl (C=O) groups excluding carboxylic acids is 4. The van der Waals surface area contributed by atoms with Crippen LogP contribution >= 0.6 is 27.5 Å². The lowest BCUT2D eigenvalue weighted by Crippen LogP contribution is -2.54. The highest BCUT2D eigenvalue weighted by atomic mass is 79.9. The summed E-state index contributed by atoms with van der Waals surface area (Å²) < 4.78 is 6.06. The number of urea groups is 1. The normalized spacial score (nSPS) is 15.4. The minimum atomic E-state index is -0.866. The van der Waals surface area contributed by atoms with Gasteiger partial charge in [-0.25, -0.2) is 9.69 Å². The summed E-state index contributed by atoms with van der Waals surface area (Å²) in [6.07, 6.45) is 1.23. The monoisotopic (exact) mass is 477 g/mol. The molecule has 0 aliphatic carbocycles. The number of amides is 5. The fraction of sp³-hybridized carbons (Fsp3) is 0.0526. The number of hydrogen-bond acceptors (Lipinski definition) is 5. The van der Waals surface area contributed by atoms with E-state index in [1.165, 1.54) is 24.3 Å². The van der Waals surface area contributed by atoms with E-state index in [2.05, 4.69) is 21.2 Å². The molecule has 0 unspecified atom stereocenters. The maximum Gasteiger partial charge on any atom is 0.335 e. The predicted octanol–water partition coefficient (Wildman–Crippen LogP) is 2.63. The molecule has 1 heterocycles. The Morgan fingerprint density at radius 1 is 1.17 bits per heavy atom. The number of nitrogens with zero attached hydrogens (tertiary/aromatic N) is 1. The van der Waals surface area contributed by atoms with Crippen LogP contribution in [-0.2, 0) is 14.4 Å². The maximum atomic E-state index is 12.9. The average molecular weight is 479 g/mol. The van der Waals surface area contributed by atoms with Crippen molar-refractivity contribution in [1.29, 1.82) is 0 Å². The number of imide groups is 2. The molecule has 1 aliphatic heterocycles. The second-order valence-corrected chi connectivity index (χ2v) is 7.22. The summed E-state index contributed by atoms with van der Waals surface area (Å²) in [5.74, 6) is -2.19. The van der Waals surface area contributed by atoms with Crippen molar-refractivity contribution in [1.82, 2.24) is 5.32 Å². The molecule has 1 fully saturated rings. The molecule has 10 heteroatoms. The van der Waals surface area contributed by atoms with Crippen LogP contribution in [0.2, 0.25) is 5.02 Å². The van der Waals surface area contributed by atoms with Crippen LogP contribution in [0, 0.1) is 0 Å². The first-order valence-corrected chi connectivity index (χ1v) is 9.31. The Balaban J connectivity index is 2.01. The summed E-state index contributed by atoms with van der Waals surface area (Å²) >= 11 is 9.28. The van der Waals surface area contributed by atoms with Gasteiger partial charge < -0.3 is 10.5 Å². The van der Waals surface area contributed by atoms with E-state index < -0.39 is 30.4 Å². The Kier molecular flexibility index (Phi) is 6.00. The molecule has 1 saturated heterocycles. The van der Waals surface area contributed by atoms with Gasteiger partial charge in [-0.1, -0.05) is 27.5 Å². The topological polar surface area (TPSA) is 119 Å². The summed E-state index contributed by atoms with van der Waals surface area (Å²) in [7, 11) is 0. The first kappa shape index (κ1) is 20.6. The largest absolute Gasteiger partial charge is 0.483 e. The zero-order valence-corrected chi connectivity index (χ0v) is 17.0. The van der Waals surface area contributed by atoms with Gasteiger partial charge in [0, 0.05) is 15.1 Å². The van der Waals surface area contributed by atoms with Crippen molar-refractivity contribution in [2.45, 2.75) is 0 Å². The molecule has 0 bridgehead atoms. The Labute approximate surface area is 178 Å². The highest BCUT2D eigenvalue weighted by Gasteiger charge is 2.37.